The summed E-state index contributed by atoms with van der Waals surface area (Å²) < 4.78 is 5.31. The van der Waals surface area contributed by atoms with Crippen LogP contribution in [0.25, 0.3) is 11.3 Å². The number of aryl methyl sites for hydroxylation is 1. The van der Waals surface area contributed by atoms with Crippen LogP contribution >= 0.6 is 11.3 Å². The first-order chi connectivity index (χ1) is 12.5. The summed E-state index contributed by atoms with van der Waals surface area (Å²) in [4.78, 5) is 21.4. The SMILES string of the molecule is Cc1ccc(-c2csc(N(CCCN(C)C)C(=O)c3ccco3)n2)cc1.[Cl-]. The average Bonchev–Trinajstić information content (AvgIpc) is 3.30. The summed E-state index contributed by atoms with van der Waals surface area (Å²) in [6, 6.07) is 11.7. The fourth-order valence-electron chi connectivity index (χ4n) is 2.61. The van der Waals surface area contributed by atoms with Crippen LogP contribution in [0.2, 0.25) is 0 Å². The van der Waals surface area contributed by atoms with E-state index < -0.39 is 0 Å². The molecule has 1 aromatic carbocycles. The number of furan rings is 1. The van der Waals surface area contributed by atoms with Crippen LogP contribution in [0.5, 0.6) is 0 Å². The highest BCUT2D eigenvalue weighted by molar-refractivity contribution is 7.14. The van der Waals surface area contributed by atoms with Gasteiger partial charge in [0, 0.05) is 17.5 Å². The van der Waals surface area contributed by atoms with Gasteiger partial charge in [0.1, 0.15) is 0 Å². The molecular formula is C20H23ClN3O2S-. The van der Waals surface area contributed by atoms with Crippen LogP contribution < -0.4 is 17.3 Å². The van der Waals surface area contributed by atoms with Gasteiger partial charge in [0.25, 0.3) is 5.91 Å². The number of nitrogens with zero attached hydrogens (tertiary/aromatic N) is 3. The second-order valence-corrected chi connectivity index (χ2v) is 7.31. The van der Waals surface area contributed by atoms with E-state index in [1.54, 1.807) is 17.0 Å². The second-order valence-electron chi connectivity index (χ2n) is 6.47. The summed E-state index contributed by atoms with van der Waals surface area (Å²) in [5.41, 5.74) is 3.15. The van der Waals surface area contributed by atoms with Gasteiger partial charge < -0.3 is 21.7 Å². The average molecular weight is 405 g/mol. The van der Waals surface area contributed by atoms with Crippen molar-refractivity contribution in [3.63, 3.8) is 0 Å². The van der Waals surface area contributed by atoms with Gasteiger partial charge in [-0.05, 0) is 46.1 Å². The number of aromatic nitrogens is 1. The Morgan fingerprint density at radius 1 is 1.15 bits per heavy atom. The largest absolute Gasteiger partial charge is 1.00 e. The molecule has 0 radical (unpaired) electrons. The zero-order valence-corrected chi connectivity index (χ0v) is 17.3. The molecule has 7 heteroatoms. The van der Waals surface area contributed by atoms with Gasteiger partial charge in [0.2, 0.25) is 0 Å². The fraction of sp³-hybridized carbons (Fsp3) is 0.300. The van der Waals surface area contributed by atoms with Gasteiger partial charge in [-0.15, -0.1) is 11.3 Å². The van der Waals surface area contributed by atoms with Gasteiger partial charge in [0.05, 0.1) is 12.0 Å². The zero-order chi connectivity index (χ0) is 18.5. The molecule has 0 fully saturated rings. The van der Waals surface area contributed by atoms with Crippen molar-refractivity contribution in [2.24, 2.45) is 0 Å². The van der Waals surface area contributed by atoms with Crippen molar-refractivity contribution in [2.75, 3.05) is 32.1 Å². The number of hydrogen-bond acceptors (Lipinski definition) is 5. The van der Waals surface area contributed by atoms with Gasteiger partial charge in [-0.2, -0.15) is 0 Å². The Bertz CT molecular complexity index is 845. The van der Waals surface area contributed by atoms with E-state index in [0.29, 0.717) is 17.4 Å². The van der Waals surface area contributed by atoms with Crippen molar-refractivity contribution in [1.29, 1.82) is 0 Å². The maximum absolute atomic E-state index is 12.9. The Hall–Kier alpha value is -2.15. The quantitative estimate of drug-likeness (QED) is 0.596. The highest BCUT2D eigenvalue weighted by Crippen LogP contribution is 2.29. The van der Waals surface area contributed by atoms with Gasteiger partial charge in [0.15, 0.2) is 10.9 Å². The first-order valence-corrected chi connectivity index (χ1v) is 9.45. The summed E-state index contributed by atoms with van der Waals surface area (Å²) >= 11 is 1.48. The Labute approximate surface area is 170 Å². The monoisotopic (exact) mass is 404 g/mol. The van der Waals surface area contributed by atoms with E-state index in [2.05, 4.69) is 36.1 Å². The Balaban J connectivity index is 0.00000261. The fourth-order valence-corrected chi connectivity index (χ4v) is 3.47. The van der Waals surface area contributed by atoms with Crippen molar-refractivity contribution in [3.05, 3.63) is 59.4 Å². The van der Waals surface area contributed by atoms with Gasteiger partial charge in [-0.1, -0.05) is 29.8 Å². The predicted molar refractivity (Wildman–Crippen MR) is 106 cm³/mol. The van der Waals surface area contributed by atoms with Crippen LogP contribution in [-0.4, -0.2) is 43.0 Å². The Morgan fingerprint density at radius 2 is 1.89 bits per heavy atom. The molecule has 0 aliphatic heterocycles. The molecule has 27 heavy (non-hydrogen) atoms. The standard InChI is InChI=1S/C20H23N3O2S.ClH/c1-15-7-9-16(10-8-15)17-14-26-20(21-17)23(12-5-11-22(2)3)19(24)18-6-4-13-25-18;/h4,6-10,13-14H,5,11-12H2,1-3H3;1H/p-1. The van der Waals surface area contributed by atoms with Crippen LogP contribution in [0.1, 0.15) is 22.5 Å². The zero-order valence-electron chi connectivity index (χ0n) is 15.7. The summed E-state index contributed by atoms with van der Waals surface area (Å²) in [6.45, 7) is 3.56. The molecule has 2 heterocycles. The molecule has 0 unspecified atom stereocenters. The first-order valence-electron chi connectivity index (χ1n) is 8.57. The molecule has 0 saturated heterocycles. The van der Waals surface area contributed by atoms with Crippen molar-refractivity contribution in [1.82, 2.24) is 9.88 Å². The van der Waals surface area contributed by atoms with E-state index in [4.69, 9.17) is 9.40 Å². The number of carbonyl (C=O) groups excluding carboxylic acids is 1. The van der Waals surface area contributed by atoms with E-state index in [0.717, 1.165) is 24.2 Å². The maximum atomic E-state index is 12.9. The summed E-state index contributed by atoms with van der Waals surface area (Å²) in [5.74, 6) is 0.181. The van der Waals surface area contributed by atoms with Crippen molar-refractivity contribution < 1.29 is 21.6 Å². The number of amides is 1. The van der Waals surface area contributed by atoms with Gasteiger partial charge in [-0.25, -0.2) is 4.98 Å². The number of hydrogen-bond donors (Lipinski definition) is 0. The normalized spacial score (nSPS) is 10.7. The van der Waals surface area contributed by atoms with Gasteiger partial charge >= 0.3 is 0 Å². The second kappa shape index (κ2) is 9.69. The lowest BCUT2D eigenvalue weighted by molar-refractivity contribution is -0.0000131. The molecule has 0 atom stereocenters. The molecule has 0 bridgehead atoms. The van der Waals surface area contributed by atoms with Crippen molar-refractivity contribution in [2.45, 2.75) is 13.3 Å². The molecule has 1 amide bonds. The molecule has 0 spiro atoms. The highest BCUT2D eigenvalue weighted by Gasteiger charge is 2.22. The third-order valence-corrected chi connectivity index (χ3v) is 4.90. The molecule has 3 aromatic rings. The van der Waals surface area contributed by atoms with Crippen LogP contribution in [0.3, 0.4) is 0 Å². The van der Waals surface area contributed by atoms with Crippen molar-refractivity contribution >= 4 is 22.4 Å². The third kappa shape index (κ3) is 5.42. The lowest BCUT2D eigenvalue weighted by Gasteiger charge is -2.20. The smallest absolute Gasteiger partial charge is 0.295 e. The van der Waals surface area contributed by atoms with E-state index >= 15 is 0 Å². The molecule has 144 valence electrons. The van der Waals surface area contributed by atoms with Crippen LogP contribution in [0.15, 0.2) is 52.5 Å². The Morgan fingerprint density at radius 3 is 2.52 bits per heavy atom. The number of thiazole rings is 1. The number of carbonyl (C=O) groups is 1. The van der Waals surface area contributed by atoms with E-state index in [-0.39, 0.29) is 18.3 Å². The highest BCUT2D eigenvalue weighted by atomic mass is 35.5. The molecule has 0 aliphatic rings. The Kier molecular flexibility index (Phi) is 7.59. The molecule has 0 aliphatic carbocycles. The van der Waals surface area contributed by atoms with Crippen molar-refractivity contribution in [3.8, 4) is 11.3 Å². The minimum absolute atomic E-state index is 0. The summed E-state index contributed by atoms with van der Waals surface area (Å²) in [6.07, 6.45) is 2.38. The number of anilines is 1. The maximum Gasteiger partial charge on any atom is 0.295 e. The number of rotatable bonds is 7. The molecule has 3 rings (SSSR count). The molecule has 0 saturated carbocycles. The van der Waals surface area contributed by atoms with Crippen LogP contribution in [-0.2, 0) is 0 Å². The lowest BCUT2D eigenvalue weighted by Crippen LogP contribution is -3.00. The molecule has 0 N–H and O–H groups in total. The van der Waals surface area contributed by atoms with Crippen LogP contribution in [0, 0.1) is 6.92 Å². The minimum atomic E-state index is -0.154. The summed E-state index contributed by atoms with van der Waals surface area (Å²) in [5, 5.41) is 2.69. The topological polar surface area (TPSA) is 49.6 Å². The van der Waals surface area contributed by atoms with Gasteiger partial charge in [-0.3, -0.25) is 9.69 Å². The first kappa shape index (κ1) is 21.2. The lowest BCUT2D eigenvalue weighted by atomic mass is 10.1. The van der Waals surface area contributed by atoms with E-state index in [1.165, 1.54) is 23.2 Å². The predicted octanol–water partition coefficient (Wildman–Crippen LogP) is 1.31. The van der Waals surface area contributed by atoms with E-state index in [1.807, 2.05) is 19.5 Å². The third-order valence-electron chi connectivity index (χ3n) is 4.03. The number of halogens is 1. The molecular weight excluding hydrogens is 382 g/mol. The summed E-state index contributed by atoms with van der Waals surface area (Å²) in [7, 11) is 4.05. The molecule has 2 aromatic heterocycles. The van der Waals surface area contributed by atoms with E-state index in [9.17, 15) is 4.79 Å². The number of benzene rings is 1. The minimum Gasteiger partial charge on any atom is -1.00 e. The molecule has 5 nitrogen and oxygen atoms in total. The van der Waals surface area contributed by atoms with Crippen LogP contribution in [0.4, 0.5) is 5.13 Å².